The van der Waals surface area contributed by atoms with E-state index in [2.05, 4.69) is 10.3 Å². The first-order valence-electron chi connectivity index (χ1n) is 4.71. The zero-order chi connectivity index (χ0) is 11.1. The number of halogens is 1. The summed E-state index contributed by atoms with van der Waals surface area (Å²) in [5, 5.41) is 2.60. The highest BCUT2D eigenvalue weighted by atomic mass is 19.1. The number of hydrogen-bond acceptors (Lipinski definition) is 3. The molecule has 0 saturated carbocycles. The zero-order valence-corrected chi connectivity index (χ0v) is 8.50. The maximum atomic E-state index is 12.7. The van der Waals surface area contributed by atoms with Crippen LogP contribution in [0.5, 0.6) is 0 Å². The molecule has 0 bridgehead atoms. The van der Waals surface area contributed by atoms with Crippen molar-refractivity contribution in [2.45, 2.75) is 6.92 Å². The fraction of sp³-hybridized carbons (Fsp3) is 0.400. The van der Waals surface area contributed by atoms with E-state index in [1.165, 1.54) is 12.3 Å². The standard InChI is InChI=1S/C10H13FN2O2/c1-2-15-6-5-13-10(14)8-3-4-12-9(11)7-8/h3-4,7H,2,5-6H2,1H3,(H,13,14). The molecule has 0 radical (unpaired) electrons. The number of pyridine rings is 1. The van der Waals surface area contributed by atoms with Crippen molar-refractivity contribution in [1.82, 2.24) is 10.3 Å². The second-order valence-electron chi connectivity index (χ2n) is 2.82. The molecule has 1 aromatic rings. The minimum Gasteiger partial charge on any atom is -0.380 e. The summed E-state index contributed by atoms with van der Waals surface area (Å²) in [6.45, 7) is 3.35. The van der Waals surface area contributed by atoms with Gasteiger partial charge in [0.05, 0.1) is 6.61 Å². The smallest absolute Gasteiger partial charge is 0.251 e. The summed E-state index contributed by atoms with van der Waals surface area (Å²) in [6.07, 6.45) is 1.26. The first-order chi connectivity index (χ1) is 7.24. The van der Waals surface area contributed by atoms with Gasteiger partial charge in [0.2, 0.25) is 5.95 Å². The van der Waals surface area contributed by atoms with Gasteiger partial charge in [-0.3, -0.25) is 4.79 Å². The number of hydrogen-bond donors (Lipinski definition) is 1. The molecule has 5 heteroatoms. The van der Waals surface area contributed by atoms with Gasteiger partial charge in [-0.05, 0) is 13.0 Å². The number of nitrogens with one attached hydrogen (secondary N) is 1. The van der Waals surface area contributed by atoms with Gasteiger partial charge in [0.15, 0.2) is 0 Å². The third-order valence-electron chi connectivity index (χ3n) is 1.72. The number of amides is 1. The summed E-state index contributed by atoms with van der Waals surface area (Å²) >= 11 is 0. The number of carbonyl (C=O) groups excluding carboxylic acids is 1. The van der Waals surface area contributed by atoms with Crippen LogP contribution in [0.25, 0.3) is 0 Å². The van der Waals surface area contributed by atoms with Crippen LogP contribution in [0.1, 0.15) is 17.3 Å². The molecule has 0 aliphatic carbocycles. The van der Waals surface area contributed by atoms with E-state index in [-0.39, 0.29) is 11.5 Å². The fourth-order valence-electron chi connectivity index (χ4n) is 1.03. The summed E-state index contributed by atoms with van der Waals surface area (Å²) in [7, 11) is 0. The van der Waals surface area contributed by atoms with E-state index in [0.29, 0.717) is 19.8 Å². The molecule has 0 spiro atoms. The first-order valence-corrected chi connectivity index (χ1v) is 4.71. The monoisotopic (exact) mass is 212 g/mol. The Bertz CT molecular complexity index is 331. The van der Waals surface area contributed by atoms with Crippen molar-refractivity contribution in [2.24, 2.45) is 0 Å². The molecule has 0 fully saturated rings. The Morgan fingerprint density at radius 3 is 3.13 bits per heavy atom. The minimum atomic E-state index is -0.660. The predicted octanol–water partition coefficient (Wildman–Crippen LogP) is 0.987. The molecule has 15 heavy (non-hydrogen) atoms. The molecule has 0 aromatic carbocycles. The van der Waals surface area contributed by atoms with Crippen molar-refractivity contribution in [3.8, 4) is 0 Å². The lowest BCUT2D eigenvalue weighted by Gasteiger charge is -2.04. The van der Waals surface area contributed by atoms with Crippen LogP contribution >= 0.6 is 0 Å². The largest absolute Gasteiger partial charge is 0.380 e. The molecule has 0 atom stereocenters. The van der Waals surface area contributed by atoms with Crippen molar-refractivity contribution in [3.63, 3.8) is 0 Å². The van der Waals surface area contributed by atoms with Crippen molar-refractivity contribution in [1.29, 1.82) is 0 Å². The van der Waals surface area contributed by atoms with E-state index in [1.807, 2.05) is 6.92 Å². The molecular weight excluding hydrogens is 199 g/mol. The first kappa shape index (κ1) is 11.6. The second-order valence-corrected chi connectivity index (χ2v) is 2.82. The highest BCUT2D eigenvalue weighted by Gasteiger charge is 2.05. The van der Waals surface area contributed by atoms with Gasteiger partial charge in [0.1, 0.15) is 0 Å². The molecule has 1 N–H and O–H groups in total. The SMILES string of the molecule is CCOCCNC(=O)c1ccnc(F)c1. The normalized spacial score (nSPS) is 10.0. The molecule has 1 rings (SSSR count). The maximum Gasteiger partial charge on any atom is 0.251 e. The molecule has 4 nitrogen and oxygen atoms in total. The lowest BCUT2D eigenvalue weighted by atomic mass is 10.2. The zero-order valence-electron chi connectivity index (χ0n) is 8.50. The number of rotatable bonds is 5. The Hall–Kier alpha value is -1.49. The minimum absolute atomic E-state index is 0.263. The number of carbonyl (C=O) groups is 1. The third-order valence-corrected chi connectivity index (χ3v) is 1.72. The molecule has 0 unspecified atom stereocenters. The second kappa shape index (κ2) is 6.08. The van der Waals surface area contributed by atoms with Crippen molar-refractivity contribution >= 4 is 5.91 Å². The molecule has 1 heterocycles. The average Bonchev–Trinajstić information content (AvgIpc) is 2.24. The summed E-state index contributed by atoms with van der Waals surface area (Å²) in [5.74, 6) is -0.983. The number of aromatic nitrogens is 1. The van der Waals surface area contributed by atoms with E-state index in [4.69, 9.17) is 4.74 Å². The van der Waals surface area contributed by atoms with Gasteiger partial charge >= 0.3 is 0 Å². The van der Waals surface area contributed by atoms with E-state index in [1.54, 1.807) is 0 Å². The summed E-state index contributed by atoms with van der Waals surface area (Å²) < 4.78 is 17.7. The van der Waals surface area contributed by atoms with Gasteiger partial charge in [-0.25, -0.2) is 4.98 Å². The predicted molar refractivity (Wildman–Crippen MR) is 53.0 cm³/mol. The van der Waals surface area contributed by atoms with Crippen molar-refractivity contribution in [3.05, 3.63) is 29.8 Å². The van der Waals surface area contributed by atoms with Crippen LogP contribution in [0.2, 0.25) is 0 Å². The molecular formula is C10H13FN2O2. The highest BCUT2D eigenvalue weighted by molar-refractivity contribution is 5.93. The fourth-order valence-corrected chi connectivity index (χ4v) is 1.03. The van der Waals surface area contributed by atoms with Crippen LogP contribution in [-0.4, -0.2) is 30.6 Å². The summed E-state index contributed by atoms with van der Waals surface area (Å²) in [5.41, 5.74) is 0.263. The molecule has 0 aliphatic rings. The van der Waals surface area contributed by atoms with Crippen LogP contribution in [0, 0.1) is 5.95 Å². The molecule has 0 saturated heterocycles. The van der Waals surface area contributed by atoms with Crippen LogP contribution in [0.3, 0.4) is 0 Å². The topological polar surface area (TPSA) is 51.2 Å². The van der Waals surface area contributed by atoms with E-state index < -0.39 is 5.95 Å². The van der Waals surface area contributed by atoms with Crippen LogP contribution < -0.4 is 5.32 Å². The lowest BCUT2D eigenvalue weighted by molar-refractivity contribution is 0.0922. The molecule has 1 amide bonds. The average molecular weight is 212 g/mol. The van der Waals surface area contributed by atoms with Gasteiger partial charge in [-0.2, -0.15) is 4.39 Å². The Morgan fingerprint density at radius 1 is 1.67 bits per heavy atom. The maximum absolute atomic E-state index is 12.7. The number of nitrogens with zero attached hydrogens (tertiary/aromatic N) is 1. The van der Waals surface area contributed by atoms with Gasteiger partial charge in [-0.1, -0.05) is 0 Å². The molecule has 82 valence electrons. The quantitative estimate of drug-likeness (QED) is 0.585. The van der Waals surface area contributed by atoms with Gasteiger partial charge in [-0.15, -0.1) is 0 Å². The van der Waals surface area contributed by atoms with E-state index in [0.717, 1.165) is 6.07 Å². The van der Waals surface area contributed by atoms with Crippen molar-refractivity contribution in [2.75, 3.05) is 19.8 Å². The lowest BCUT2D eigenvalue weighted by Crippen LogP contribution is -2.27. The Morgan fingerprint density at radius 2 is 2.47 bits per heavy atom. The van der Waals surface area contributed by atoms with Gasteiger partial charge < -0.3 is 10.1 Å². The Kier molecular flexibility index (Phi) is 4.70. The van der Waals surface area contributed by atoms with Crippen LogP contribution in [-0.2, 0) is 4.74 Å². The highest BCUT2D eigenvalue weighted by Crippen LogP contribution is 1.99. The van der Waals surface area contributed by atoms with Crippen LogP contribution in [0.4, 0.5) is 4.39 Å². The van der Waals surface area contributed by atoms with E-state index >= 15 is 0 Å². The van der Waals surface area contributed by atoms with Gasteiger partial charge in [0, 0.05) is 31.0 Å². The van der Waals surface area contributed by atoms with Crippen LogP contribution in [0.15, 0.2) is 18.3 Å². The summed E-state index contributed by atoms with van der Waals surface area (Å²) in [6, 6.07) is 2.55. The summed E-state index contributed by atoms with van der Waals surface area (Å²) in [4.78, 5) is 14.8. The molecule has 0 aliphatic heterocycles. The van der Waals surface area contributed by atoms with Crippen molar-refractivity contribution < 1.29 is 13.9 Å². The molecule has 1 aromatic heterocycles. The Labute approximate surface area is 87.5 Å². The van der Waals surface area contributed by atoms with E-state index in [9.17, 15) is 9.18 Å². The number of ether oxygens (including phenoxy) is 1. The third kappa shape index (κ3) is 4.03. The van der Waals surface area contributed by atoms with Gasteiger partial charge in [0.25, 0.3) is 5.91 Å². The Balaban J connectivity index is 2.40.